The molecule has 0 aliphatic rings. The van der Waals surface area contributed by atoms with Crippen molar-refractivity contribution in [3.63, 3.8) is 0 Å². The maximum absolute atomic E-state index is 9.41. The fourth-order valence-electron chi connectivity index (χ4n) is 1.38. The summed E-state index contributed by atoms with van der Waals surface area (Å²) >= 11 is 0. The molecule has 4 nitrogen and oxygen atoms in total. The van der Waals surface area contributed by atoms with Gasteiger partial charge >= 0.3 is 0 Å². The molecule has 1 aromatic rings. The van der Waals surface area contributed by atoms with Gasteiger partial charge in [-0.15, -0.1) is 17.0 Å². The first-order valence-electron chi connectivity index (χ1n) is 6.28. The van der Waals surface area contributed by atoms with Crippen molar-refractivity contribution in [3.05, 3.63) is 12.7 Å². The standard InChI is InChI=1S/C10H22O.C2H3N3.BrH/c1-3-5-7-9-10(11)8-6-4-2;1-3-2-5-4-1;/h10-11H,3-9H2,1-2H3;1-2H,(H,3,4,5);1H. The summed E-state index contributed by atoms with van der Waals surface area (Å²) in [6.45, 7) is 4.36. The normalized spacial score (nSPS) is 11.0. The zero-order valence-electron chi connectivity index (χ0n) is 10.9. The van der Waals surface area contributed by atoms with Crippen molar-refractivity contribution in [1.82, 2.24) is 15.2 Å². The van der Waals surface area contributed by atoms with Gasteiger partial charge in [0.1, 0.15) is 12.7 Å². The lowest BCUT2D eigenvalue weighted by atomic mass is 10.1. The van der Waals surface area contributed by atoms with Crippen LogP contribution in [0.25, 0.3) is 0 Å². The Morgan fingerprint density at radius 1 is 1.12 bits per heavy atom. The molecule has 0 spiro atoms. The van der Waals surface area contributed by atoms with E-state index in [1.165, 1.54) is 44.8 Å². The molecule has 102 valence electrons. The number of hydrogen-bond acceptors (Lipinski definition) is 3. The molecule has 1 heterocycles. The third-order valence-corrected chi connectivity index (χ3v) is 2.36. The predicted octanol–water partition coefficient (Wildman–Crippen LogP) is 3.50. The number of nitrogens with one attached hydrogen (secondary N) is 1. The minimum Gasteiger partial charge on any atom is -0.393 e. The van der Waals surface area contributed by atoms with Gasteiger partial charge in [-0.2, -0.15) is 5.10 Å². The number of nitrogens with zero attached hydrogens (tertiary/aromatic N) is 2. The summed E-state index contributed by atoms with van der Waals surface area (Å²) in [5, 5.41) is 15.4. The van der Waals surface area contributed by atoms with E-state index < -0.39 is 0 Å². The second-order valence-corrected chi connectivity index (χ2v) is 3.94. The minimum atomic E-state index is -0.0264. The lowest BCUT2D eigenvalue weighted by Crippen LogP contribution is -2.05. The lowest BCUT2D eigenvalue weighted by molar-refractivity contribution is 0.148. The molecule has 0 aromatic carbocycles. The Kier molecular flexibility index (Phi) is 17.4. The quantitative estimate of drug-likeness (QED) is 0.758. The van der Waals surface area contributed by atoms with E-state index in [4.69, 9.17) is 0 Å². The SMILES string of the molecule is Br.CCCCCC(O)CCCC.c1nc[nH]n1. The number of halogens is 1. The van der Waals surface area contributed by atoms with Gasteiger partial charge in [0.15, 0.2) is 0 Å². The van der Waals surface area contributed by atoms with Gasteiger partial charge in [-0.1, -0.05) is 46.0 Å². The molecule has 0 amide bonds. The van der Waals surface area contributed by atoms with E-state index >= 15 is 0 Å². The molecule has 1 unspecified atom stereocenters. The largest absolute Gasteiger partial charge is 0.393 e. The molecule has 1 aromatic heterocycles. The highest BCUT2D eigenvalue weighted by Crippen LogP contribution is 2.08. The van der Waals surface area contributed by atoms with Crippen LogP contribution >= 0.6 is 17.0 Å². The van der Waals surface area contributed by atoms with E-state index in [2.05, 4.69) is 29.0 Å². The first kappa shape index (κ1) is 18.9. The molecule has 2 N–H and O–H groups in total. The molecular formula is C12H26BrN3O. The molecule has 0 saturated carbocycles. The zero-order valence-corrected chi connectivity index (χ0v) is 12.6. The van der Waals surface area contributed by atoms with Crippen molar-refractivity contribution in [2.24, 2.45) is 0 Å². The van der Waals surface area contributed by atoms with Gasteiger partial charge in [-0.05, 0) is 12.8 Å². The van der Waals surface area contributed by atoms with Gasteiger partial charge in [0, 0.05) is 0 Å². The van der Waals surface area contributed by atoms with Gasteiger partial charge in [0.25, 0.3) is 0 Å². The molecule has 0 aliphatic carbocycles. The van der Waals surface area contributed by atoms with Crippen LogP contribution in [0.1, 0.15) is 58.8 Å². The Morgan fingerprint density at radius 2 is 1.76 bits per heavy atom. The van der Waals surface area contributed by atoms with Gasteiger partial charge in [0.2, 0.25) is 0 Å². The molecule has 0 radical (unpaired) electrons. The van der Waals surface area contributed by atoms with Gasteiger partial charge in [0.05, 0.1) is 6.10 Å². The molecular weight excluding hydrogens is 282 g/mol. The van der Waals surface area contributed by atoms with Gasteiger partial charge in [-0.25, -0.2) is 4.98 Å². The second-order valence-electron chi connectivity index (χ2n) is 3.94. The van der Waals surface area contributed by atoms with Gasteiger partial charge in [-0.3, -0.25) is 5.10 Å². The maximum Gasteiger partial charge on any atom is 0.137 e. The molecule has 1 atom stereocenters. The van der Waals surface area contributed by atoms with Crippen molar-refractivity contribution in [3.8, 4) is 0 Å². The van der Waals surface area contributed by atoms with Crippen LogP contribution in [0.5, 0.6) is 0 Å². The summed E-state index contributed by atoms with van der Waals surface area (Å²) < 4.78 is 0. The lowest BCUT2D eigenvalue weighted by Gasteiger charge is -2.08. The van der Waals surface area contributed by atoms with E-state index in [-0.39, 0.29) is 23.1 Å². The van der Waals surface area contributed by atoms with Crippen LogP contribution in [-0.4, -0.2) is 26.4 Å². The molecule has 1 rings (SSSR count). The van der Waals surface area contributed by atoms with E-state index in [1.54, 1.807) is 0 Å². The number of H-pyrrole nitrogens is 1. The van der Waals surface area contributed by atoms with Crippen LogP contribution in [0, 0.1) is 0 Å². The number of aliphatic hydroxyl groups excluding tert-OH is 1. The van der Waals surface area contributed by atoms with E-state index in [0.717, 1.165) is 12.8 Å². The Morgan fingerprint density at radius 3 is 2.18 bits per heavy atom. The van der Waals surface area contributed by atoms with Crippen LogP contribution in [0.3, 0.4) is 0 Å². The first-order chi connectivity index (χ1) is 7.81. The van der Waals surface area contributed by atoms with E-state index in [9.17, 15) is 5.11 Å². The monoisotopic (exact) mass is 307 g/mol. The van der Waals surface area contributed by atoms with Crippen LogP contribution in [0.15, 0.2) is 12.7 Å². The maximum atomic E-state index is 9.41. The summed E-state index contributed by atoms with van der Waals surface area (Å²) in [6.07, 6.45) is 11.0. The number of unbranched alkanes of at least 4 members (excludes halogenated alkanes) is 3. The van der Waals surface area contributed by atoms with Crippen molar-refractivity contribution >= 4 is 17.0 Å². The Balaban J connectivity index is 0. The Bertz CT molecular complexity index is 190. The Hall–Kier alpha value is -0.420. The summed E-state index contributed by atoms with van der Waals surface area (Å²) in [7, 11) is 0. The van der Waals surface area contributed by atoms with Crippen LogP contribution < -0.4 is 0 Å². The summed E-state index contributed by atoms with van der Waals surface area (Å²) in [5.74, 6) is 0. The topological polar surface area (TPSA) is 61.8 Å². The van der Waals surface area contributed by atoms with Crippen molar-refractivity contribution < 1.29 is 5.11 Å². The molecule has 0 bridgehead atoms. The third kappa shape index (κ3) is 15.6. The van der Waals surface area contributed by atoms with Crippen LogP contribution in [0.4, 0.5) is 0 Å². The molecule has 5 heteroatoms. The minimum absolute atomic E-state index is 0. The molecule has 0 fully saturated rings. The number of aromatic amines is 1. The number of hydrogen-bond donors (Lipinski definition) is 2. The summed E-state index contributed by atoms with van der Waals surface area (Å²) in [4.78, 5) is 3.56. The first-order valence-corrected chi connectivity index (χ1v) is 6.28. The van der Waals surface area contributed by atoms with E-state index in [0.29, 0.717) is 0 Å². The van der Waals surface area contributed by atoms with Crippen molar-refractivity contribution in [2.75, 3.05) is 0 Å². The highest BCUT2D eigenvalue weighted by Gasteiger charge is 2.01. The number of aromatic nitrogens is 3. The second kappa shape index (κ2) is 15.6. The molecule has 0 aliphatic heterocycles. The van der Waals surface area contributed by atoms with E-state index in [1.807, 2.05) is 0 Å². The molecule has 17 heavy (non-hydrogen) atoms. The van der Waals surface area contributed by atoms with Crippen molar-refractivity contribution in [2.45, 2.75) is 64.9 Å². The fourth-order valence-corrected chi connectivity index (χ4v) is 1.38. The number of aliphatic hydroxyl groups is 1. The van der Waals surface area contributed by atoms with Crippen LogP contribution in [0.2, 0.25) is 0 Å². The predicted molar refractivity (Wildman–Crippen MR) is 76.4 cm³/mol. The Labute approximate surface area is 115 Å². The van der Waals surface area contributed by atoms with Gasteiger partial charge < -0.3 is 5.11 Å². The molecule has 0 saturated heterocycles. The summed E-state index contributed by atoms with van der Waals surface area (Å²) in [6, 6.07) is 0. The summed E-state index contributed by atoms with van der Waals surface area (Å²) in [5.41, 5.74) is 0. The van der Waals surface area contributed by atoms with Crippen LogP contribution in [-0.2, 0) is 0 Å². The fraction of sp³-hybridized carbons (Fsp3) is 0.833. The highest BCUT2D eigenvalue weighted by atomic mass is 79.9. The smallest absolute Gasteiger partial charge is 0.137 e. The average molecular weight is 308 g/mol. The van der Waals surface area contributed by atoms with Crippen molar-refractivity contribution in [1.29, 1.82) is 0 Å². The average Bonchev–Trinajstić information content (AvgIpc) is 2.85. The third-order valence-electron chi connectivity index (χ3n) is 2.36. The zero-order chi connectivity index (χ0) is 12.1. The number of rotatable bonds is 7. The highest BCUT2D eigenvalue weighted by molar-refractivity contribution is 8.93.